The number of ether oxygens (including phenoxy) is 1. The average molecular weight is 357 g/mol. The summed E-state index contributed by atoms with van der Waals surface area (Å²) < 4.78 is 7.63. The van der Waals surface area contributed by atoms with Gasteiger partial charge in [-0.1, -0.05) is 19.6 Å². The van der Waals surface area contributed by atoms with Crippen molar-refractivity contribution in [3.63, 3.8) is 0 Å². The SMILES string of the molecule is C[Si](C)(C)CCOCn1ncc2cnc(Nc3cc(N)ncn3)cc21. The Morgan fingerprint density at radius 1 is 1.12 bits per heavy atom. The van der Waals surface area contributed by atoms with Crippen molar-refractivity contribution in [3.8, 4) is 0 Å². The van der Waals surface area contributed by atoms with Crippen LogP contribution in [-0.4, -0.2) is 39.4 Å². The third-order valence-electron chi connectivity index (χ3n) is 3.68. The van der Waals surface area contributed by atoms with Gasteiger partial charge in [-0.25, -0.2) is 19.6 Å². The van der Waals surface area contributed by atoms with Crippen LogP contribution in [0.2, 0.25) is 25.7 Å². The van der Waals surface area contributed by atoms with Crippen LogP contribution in [-0.2, 0) is 11.5 Å². The normalized spacial score (nSPS) is 11.8. The molecule has 0 saturated heterocycles. The van der Waals surface area contributed by atoms with Gasteiger partial charge >= 0.3 is 0 Å². The Bertz CT molecular complexity index is 859. The summed E-state index contributed by atoms with van der Waals surface area (Å²) in [5.41, 5.74) is 6.62. The Balaban J connectivity index is 1.71. The van der Waals surface area contributed by atoms with E-state index in [1.54, 1.807) is 18.5 Å². The van der Waals surface area contributed by atoms with Gasteiger partial charge in [-0.05, 0) is 6.04 Å². The van der Waals surface area contributed by atoms with E-state index in [2.05, 4.69) is 45.0 Å². The quantitative estimate of drug-likeness (QED) is 0.495. The van der Waals surface area contributed by atoms with E-state index in [1.807, 2.05) is 10.7 Å². The van der Waals surface area contributed by atoms with Crippen LogP contribution in [0.5, 0.6) is 0 Å². The number of nitrogens with zero attached hydrogens (tertiary/aromatic N) is 5. The minimum Gasteiger partial charge on any atom is -0.384 e. The fourth-order valence-corrected chi connectivity index (χ4v) is 3.00. The second-order valence-corrected chi connectivity index (χ2v) is 12.7. The molecule has 0 aliphatic heterocycles. The van der Waals surface area contributed by atoms with Gasteiger partial charge in [0.1, 0.15) is 30.5 Å². The lowest BCUT2D eigenvalue weighted by molar-refractivity contribution is 0.0817. The number of nitrogens with one attached hydrogen (secondary N) is 1. The molecule has 3 N–H and O–H groups in total. The Morgan fingerprint density at radius 2 is 1.92 bits per heavy atom. The molecule has 0 bridgehead atoms. The summed E-state index contributed by atoms with van der Waals surface area (Å²) in [6.45, 7) is 8.20. The fourth-order valence-electron chi connectivity index (χ4n) is 2.24. The first-order chi connectivity index (χ1) is 11.9. The van der Waals surface area contributed by atoms with E-state index in [-0.39, 0.29) is 0 Å². The maximum atomic E-state index is 5.79. The molecule has 0 saturated carbocycles. The molecule has 0 aliphatic rings. The van der Waals surface area contributed by atoms with Crippen molar-refractivity contribution in [1.82, 2.24) is 24.7 Å². The maximum absolute atomic E-state index is 5.79. The first kappa shape index (κ1) is 17.3. The zero-order valence-electron chi connectivity index (χ0n) is 14.7. The van der Waals surface area contributed by atoms with Gasteiger partial charge in [0.05, 0.1) is 11.7 Å². The van der Waals surface area contributed by atoms with Gasteiger partial charge in [0.2, 0.25) is 0 Å². The molecule has 132 valence electrons. The Morgan fingerprint density at radius 3 is 2.68 bits per heavy atom. The Hall–Kier alpha value is -2.52. The summed E-state index contributed by atoms with van der Waals surface area (Å²) in [4.78, 5) is 12.4. The smallest absolute Gasteiger partial charge is 0.139 e. The van der Waals surface area contributed by atoms with Crippen molar-refractivity contribution in [3.05, 3.63) is 30.9 Å². The lowest BCUT2D eigenvalue weighted by atomic mass is 10.3. The highest BCUT2D eigenvalue weighted by atomic mass is 28.3. The van der Waals surface area contributed by atoms with E-state index in [1.165, 1.54) is 6.33 Å². The van der Waals surface area contributed by atoms with Gasteiger partial charge in [0.15, 0.2) is 0 Å². The topological polar surface area (TPSA) is 104 Å². The van der Waals surface area contributed by atoms with Crippen LogP contribution >= 0.6 is 0 Å². The lowest BCUT2D eigenvalue weighted by Crippen LogP contribution is -2.22. The number of anilines is 3. The van der Waals surface area contributed by atoms with Gasteiger partial charge in [-0.2, -0.15) is 5.10 Å². The number of aromatic nitrogens is 5. The van der Waals surface area contributed by atoms with E-state index in [9.17, 15) is 0 Å². The molecule has 8 nitrogen and oxygen atoms in total. The molecular formula is C16H23N7OSi. The molecule has 3 heterocycles. The minimum atomic E-state index is -1.09. The van der Waals surface area contributed by atoms with Crippen molar-refractivity contribution >= 4 is 36.4 Å². The molecule has 0 atom stereocenters. The molecule has 0 amide bonds. The molecule has 3 aromatic rings. The molecule has 0 unspecified atom stereocenters. The van der Waals surface area contributed by atoms with Crippen molar-refractivity contribution < 1.29 is 4.74 Å². The zero-order chi connectivity index (χ0) is 17.9. The van der Waals surface area contributed by atoms with Crippen molar-refractivity contribution in [2.24, 2.45) is 0 Å². The molecule has 9 heteroatoms. The average Bonchev–Trinajstić information content (AvgIpc) is 2.93. The van der Waals surface area contributed by atoms with Crippen molar-refractivity contribution in [2.45, 2.75) is 32.4 Å². The van der Waals surface area contributed by atoms with Crippen LogP contribution in [0.15, 0.2) is 30.9 Å². The summed E-state index contributed by atoms with van der Waals surface area (Å²) in [5, 5.41) is 8.46. The first-order valence-corrected chi connectivity index (χ1v) is 11.9. The van der Waals surface area contributed by atoms with E-state index in [0.29, 0.717) is 24.2 Å². The van der Waals surface area contributed by atoms with Crippen molar-refractivity contribution in [1.29, 1.82) is 0 Å². The molecule has 0 fully saturated rings. The van der Waals surface area contributed by atoms with Crippen LogP contribution < -0.4 is 11.1 Å². The number of hydrogen-bond donors (Lipinski definition) is 2. The number of nitrogen functional groups attached to an aromatic ring is 1. The van der Waals surface area contributed by atoms with Gasteiger partial charge in [-0.3, -0.25) is 0 Å². The van der Waals surface area contributed by atoms with E-state index in [0.717, 1.165) is 23.6 Å². The van der Waals surface area contributed by atoms with Crippen LogP contribution in [0.3, 0.4) is 0 Å². The van der Waals surface area contributed by atoms with Crippen LogP contribution in [0, 0.1) is 0 Å². The van der Waals surface area contributed by atoms with Gasteiger partial charge in [-0.15, -0.1) is 0 Å². The van der Waals surface area contributed by atoms with Crippen LogP contribution in [0.4, 0.5) is 17.5 Å². The number of fused-ring (bicyclic) bond motifs is 1. The third-order valence-corrected chi connectivity index (χ3v) is 5.38. The third kappa shape index (κ3) is 4.74. The molecule has 0 aromatic carbocycles. The van der Waals surface area contributed by atoms with Gasteiger partial charge in [0, 0.05) is 38.4 Å². The standard InChI is InChI=1S/C16H23N7OSi/c1-25(2,3)5-4-24-11-23-13-6-15(18-8-12(13)9-21-23)22-16-7-14(17)19-10-20-16/h6-10H,4-5,11H2,1-3H3,(H3,17,18,19,20,22). The molecule has 0 aliphatic carbocycles. The first-order valence-electron chi connectivity index (χ1n) is 8.15. The zero-order valence-corrected chi connectivity index (χ0v) is 15.7. The van der Waals surface area contributed by atoms with E-state index < -0.39 is 8.07 Å². The molecular weight excluding hydrogens is 334 g/mol. The Kier molecular flexibility index (Phi) is 4.95. The summed E-state index contributed by atoms with van der Waals surface area (Å²) >= 11 is 0. The maximum Gasteiger partial charge on any atom is 0.139 e. The predicted molar refractivity (Wildman–Crippen MR) is 101 cm³/mol. The summed E-state index contributed by atoms with van der Waals surface area (Å²) in [5.74, 6) is 1.66. The minimum absolute atomic E-state index is 0.402. The van der Waals surface area contributed by atoms with Crippen molar-refractivity contribution in [2.75, 3.05) is 17.7 Å². The second kappa shape index (κ2) is 7.15. The second-order valence-electron chi connectivity index (χ2n) is 7.07. The van der Waals surface area contributed by atoms with Gasteiger partial charge < -0.3 is 15.8 Å². The largest absolute Gasteiger partial charge is 0.384 e. The highest BCUT2D eigenvalue weighted by molar-refractivity contribution is 6.76. The van der Waals surface area contributed by atoms with E-state index >= 15 is 0 Å². The summed E-state index contributed by atoms with van der Waals surface area (Å²) in [7, 11) is -1.09. The fraction of sp³-hybridized carbons (Fsp3) is 0.375. The molecule has 25 heavy (non-hydrogen) atoms. The Labute approximate surface area is 147 Å². The lowest BCUT2D eigenvalue weighted by Gasteiger charge is -2.15. The van der Waals surface area contributed by atoms with Gasteiger partial charge in [0.25, 0.3) is 0 Å². The predicted octanol–water partition coefficient (Wildman–Crippen LogP) is 2.86. The molecule has 3 rings (SSSR count). The van der Waals surface area contributed by atoms with E-state index in [4.69, 9.17) is 10.5 Å². The highest BCUT2D eigenvalue weighted by Gasteiger charge is 2.12. The number of rotatable bonds is 7. The number of hydrogen-bond acceptors (Lipinski definition) is 7. The summed E-state index contributed by atoms with van der Waals surface area (Å²) in [6, 6.07) is 4.71. The molecule has 0 spiro atoms. The highest BCUT2D eigenvalue weighted by Crippen LogP contribution is 2.19. The van der Waals surface area contributed by atoms with Crippen LogP contribution in [0.1, 0.15) is 0 Å². The summed E-state index contributed by atoms with van der Waals surface area (Å²) in [6.07, 6.45) is 4.97. The van der Waals surface area contributed by atoms with Crippen LogP contribution in [0.25, 0.3) is 10.9 Å². The molecule has 3 aromatic heterocycles. The number of pyridine rings is 1. The molecule has 0 radical (unpaired) electrons. The number of nitrogens with two attached hydrogens (primary N) is 1. The monoisotopic (exact) mass is 357 g/mol.